The lowest BCUT2D eigenvalue weighted by atomic mass is 9.70. The van der Waals surface area contributed by atoms with Gasteiger partial charge in [0, 0.05) is 19.1 Å². The van der Waals surface area contributed by atoms with Gasteiger partial charge < -0.3 is 9.64 Å². The molecule has 0 aromatic heterocycles. The molecule has 0 spiro atoms. The Hall–Kier alpha value is -0.0800. The smallest absolute Gasteiger partial charge is 0.0536 e. The Morgan fingerprint density at radius 3 is 2.06 bits per heavy atom. The molecular weight excluding hydrogens is 198 g/mol. The summed E-state index contributed by atoms with van der Waals surface area (Å²) in [6.45, 7) is 2.19. The van der Waals surface area contributed by atoms with E-state index < -0.39 is 0 Å². The summed E-state index contributed by atoms with van der Waals surface area (Å²) in [5.41, 5.74) is 0.467. The zero-order chi connectivity index (χ0) is 11.6. The van der Waals surface area contributed by atoms with Crippen molar-refractivity contribution in [2.75, 3.05) is 34.4 Å². The third-order valence-electron chi connectivity index (χ3n) is 4.58. The van der Waals surface area contributed by atoms with E-state index in [1.165, 1.54) is 45.1 Å². The molecule has 2 heteroatoms. The molecule has 0 aliphatic heterocycles. The fourth-order valence-corrected chi connectivity index (χ4v) is 3.89. The number of nitrogens with zero attached hydrogens (tertiary/aromatic N) is 1. The van der Waals surface area contributed by atoms with Crippen LogP contribution in [0, 0.1) is 17.3 Å². The molecule has 1 unspecified atom stereocenters. The molecule has 0 saturated heterocycles. The quantitative estimate of drug-likeness (QED) is 0.689. The molecule has 0 N–H and O–H groups in total. The lowest BCUT2D eigenvalue weighted by Gasteiger charge is -2.41. The first-order valence-electron chi connectivity index (χ1n) is 6.83. The van der Waals surface area contributed by atoms with E-state index in [1.54, 1.807) is 0 Å². The number of rotatable bonds is 6. The summed E-state index contributed by atoms with van der Waals surface area (Å²) in [5, 5.41) is 0. The molecule has 0 heterocycles. The predicted molar refractivity (Wildman–Crippen MR) is 67.5 cm³/mol. The summed E-state index contributed by atoms with van der Waals surface area (Å²) in [4.78, 5) is 2.37. The van der Waals surface area contributed by atoms with Crippen LogP contribution in [0.2, 0.25) is 0 Å². The first-order valence-corrected chi connectivity index (χ1v) is 6.83. The third kappa shape index (κ3) is 2.43. The third-order valence-corrected chi connectivity index (χ3v) is 4.58. The van der Waals surface area contributed by atoms with Crippen LogP contribution in [0.25, 0.3) is 0 Å². The van der Waals surface area contributed by atoms with Crippen LogP contribution in [0.15, 0.2) is 0 Å². The SMILES string of the molecule is COCC(CN(C)C)(C1CCCC1)C1CC1. The molecule has 2 rings (SSSR count). The highest BCUT2D eigenvalue weighted by Gasteiger charge is 2.50. The Morgan fingerprint density at radius 2 is 1.62 bits per heavy atom. The van der Waals surface area contributed by atoms with Gasteiger partial charge in [-0.05, 0) is 51.6 Å². The zero-order valence-electron chi connectivity index (χ0n) is 11.2. The van der Waals surface area contributed by atoms with Gasteiger partial charge in [0.1, 0.15) is 0 Å². The molecule has 94 valence electrons. The summed E-state index contributed by atoms with van der Waals surface area (Å²) in [6.07, 6.45) is 8.63. The largest absolute Gasteiger partial charge is 0.384 e. The van der Waals surface area contributed by atoms with Gasteiger partial charge in [-0.15, -0.1) is 0 Å². The van der Waals surface area contributed by atoms with E-state index in [-0.39, 0.29) is 0 Å². The van der Waals surface area contributed by atoms with E-state index in [9.17, 15) is 0 Å². The van der Waals surface area contributed by atoms with E-state index in [4.69, 9.17) is 4.74 Å². The van der Waals surface area contributed by atoms with E-state index in [0.29, 0.717) is 5.41 Å². The van der Waals surface area contributed by atoms with Crippen LogP contribution in [0.5, 0.6) is 0 Å². The average Bonchev–Trinajstić information content (AvgIpc) is 2.93. The van der Waals surface area contributed by atoms with Crippen LogP contribution in [-0.2, 0) is 4.74 Å². The standard InChI is InChI=1S/C14H27NO/c1-15(2)10-14(11-16-3,13-8-9-13)12-6-4-5-7-12/h12-13H,4-11H2,1-3H3. The number of hydrogen-bond donors (Lipinski definition) is 0. The maximum atomic E-state index is 5.60. The van der Waals surface area contributed by atoms with Gasteiger partial charge >= 0.3 is 0 Å². The minimum Gasteiger partial charge on any atom is -0.384 e. The van der Waals surface area contributed by atoms with Crippen molar-refractivity contribution in [1.82, 2.24) is 4.90 Å². The zero-order valence-corrected chi connectivity index (χ0v) is 11.2. The number of ether oxygens (including phenoxy) is 1. The van der Waals surface area contributed by atoms with E-state index in [1.807, 2.05) is 7.11 Å². The molecule has 0 bridgehead atoms. The van der Waals surface area contributed by atoms with Gasteiger partial charge in [0.05, 0.1) is 6.61 Å². The molecule has 1 atom stereocenters. The molecular formula is C14H27NO. The average molecular weight is 225 g/mol. The molecule has 16 heavy (non-hydrogen) atoms. The lowest BCUT2D eigenvalue weighted by Crippen LogP contribution is -2.44. The van der Waals surface area contributed by atoms with E-state index in [0.717, 1.165) is 18.4 Å². The highest BCUT2D eigenvalue weighted by molar-refractivity contribution is 5.00. The van der Waals surface area contributed by atoms with Gasteiger partial charge in [-0.3, -0.25) is 0 Å². The topological polar surface area (TPSA) is 12.5 Å². The molecule has 2 fully saturated rings. The Bertz CT molecular complexity index is 219. The van der Waals surface area contributed by atoms with Gasteiger partial charge in [-0.25, -0.2) is 0 Å². The van der Waals surface area contributed by atoms with Crippen molar-refractivity contribution in [3.63, 3.8) is 0 Å². The molecule has 0 aromatic carbocycles. The van der Waals surface area contributed by atoms with Crippen molar-refractivity contribution in [2.45, 2.75) is 38.5 Å². The Balaban J connectivity index is 2.12. The van der Waals surface area contributed by atoms with Crippen molar-refractivity contribution in [3.8, 4) is 0 Å². The minimum absolute atomic E-state index is 0.467. The normalized spacial score (nSPS) is 26.2. The van der Waals surface area contributed by atoms with Crippen molar-refractivity contribution in [2.24, 2.45) is 17.3 Å². The van der Waals surface area contributed by atoms with Crippen molar-refractivity contribution in [1.29, 1.82) is 0 Å². The molecule has 2 saturated carbocycles. The van der Waals surface area contributed by atoms with Crippen LogP contribution in [-0.4, -0.2) is 39.3 Å². The maximum absolute atomic E-state index is 5.60. The van der Waals surface area contributed by atoms with Gasteiger partial charge in [0.2, 0.25) is 0 Å². The van der Waals surface area contributed by atoms with E-state index >= 15 is 0 Å². The summed E-state index contributed by atoms with van der Waals surface area (Å²) >= 11 is 0. The van der Waals surface area contributed by atoms with Gasteiger partial charge in [0.25, 0.3) is 0 Å². The van der Waals surface area contributed by atoms with Crippen LogP contribution in [0.4, 0.5) is 0 Å². The molecule has 0 radical (unpaired) electrons. The van der Waals surface area contributed by atoms with Gasteiger partial charge in [-0.1, -0.05) is 12.8 Å². The molecule has 0 amide bonds. The Labute approximate surface area is 100 Å². The first kappa shape index (κ1) is 12.4. The van der Waals surface area contributed by atoms with E-state index in [2.05, 4.69) is 19.0 Å². The Morgan fingerprint density at radius 1 is 1.06 bits per heavy atom. The summed E-state index contributed by atoms with van der Waals surface area (Å²) < 4.78 is 5.60. The summed E-state index contributed by atoms with van der Waals surface area (Å²) in [7, 11) is 6.30. The molecule has 0 aromatic rings. The predicted octanol–water partition coefficient (Wildman–Crippen LogP) is 2.78. The Kier molecular flexibility index (Phi) is 3.91. The fourth-order valence-electron chi connectivity index (χ4n) is 3.89. The van der Waals surface area contributed by atoms with Crippen molar-refractivity contribution >= 4 is 0 Å². The van der Waals surface area contributed by atoms with Crippen LogP contribution >= 0.6 is 0 Å². The highest BCUT2D eigenvalue weighted by atomic mass is 16.5. The second-order valence-corrected chi connectivity index (χ2v) is 6.16. The summed E-state index contributed by atoms with van der Waals surface area (Å²) in [5.74, 6) is 1.86. The second-order valence-electron chi connectivity index (χ2n) is 6.16. The summed E-state index contributed by atoms with van der Waals surface area (Å²) in [6, 6.07) is 0. The van der Waals surface area contributed by atoms with Gasteiger partial charge in [-0.2, -0.15) is 0 Å². The van der Waals surface area contributed by atoms with Crippen LogP contribution < -0.4 is 0 Å². The van der Waals surface area contributed by atoms with Crippen LogP contribution in [0.1, 0.15) is 38.5 Å². The number of hydrogen-bond acceptors (Lipinski definition) is 2. The fraction of sp³-hybridized carbons (Fsp3) is 1.00. The lowest BCUT2D eigenvalue weighted by molar-refractivity contribution is -0.00547. The first-order chi connectivity index (χ1) is 7.69. The van der Waals surface area contributed by atoms with Crippen molar-refractivity contribution in [3.05, 3.63) is 0 Å². The molecule has 2 aliphatic carbocycles. The minimum atomic E-state index is 0.467. The van der Waals surface area contributed by atoms with Gasteiger partial charge in [0.15, 0.2) is 0 Å². The number of methoxy groups -OCH3 is 1. The highest BCUT2D eigenvalue weighted by Crippen LogP contribution is 2.54. The maximum Gasteiger partial charge on any atom is 0.0536 e. The molecule has 2 aliphatic rings. The van der Waals surface area contributed by atoms with Crippen LogP contribution in [0.3, 0.4) is 0 Å². The molecule has 2 nitrogen and oxygen atoms in total. The second kappa shape index (κ2) is 5.05. The van der Waals surface area contributed by atoms with Crippen molar-refractivity contribution < 1.29 is 4.74 Å². The monoisotopic (exact) mass is 225 g/mol.